The molecule has 1 aromatic rings. The van der Waals surface area contributed by atoms with Crippen LogP contribution in [0.4, 0.5) is 0 Å². The van der Waals surface area contributed by atoms with Crippen molar-refractivity contribution in [1.29, 1.82) is 0 Å². The second-order valence-corrected chi connectivity index (χ2v) is 5.29. The Morgan fingerprint density at radius 2 is 2.06 bits per heavy atom. The van der Waals surface area contributed by atoms with Gasteiger partial charge in [0, 0.05) is 0 Å². The molecule has 1 aliphatic rings. The van der Waals surface area contributed by atoms with Gasteiger partial charge in [-0.25, -0.2) is 0 Å². The fraction of sp³-hybridized carbons (Fsp3) is 0.562. The second-order valence-electron chi connectivity index (χ2n) is 5.29. The maximum Gasteiger partial charge on any atom is 0.307 e. The van der Waals surface area contributed by atoms with E-state index in [0.29, 0.717) is 0 Å². The molecule has 18 heavy (non-hydrogen) atoms. The molecule has 0 heterocycles. The van der Waals surface area contributed by atoms with E-state index in [4.69, 9.17) is 0 Å². The van der Waals surface area contributed by atoms with Crippen molar-refractivity contribution in [3.8, 4) is 0 Å². The zero-order valence-corrected chi connectivity index (χ0v) is 11.1. The van der Waals surface area contributed by atoms with Gasteiger partial charge in [0.05, 0.1) is 5.92 Å². The van der Waals surface area contributed by atoms with E-state index in [2.05, 4.69) is 31.2 Å². The molecule has 2 unspecified atom stereocenters. The molecule has 0 saturated heterocycles. The van der Waals surface area contributed by atoms with Gasteiger partial charge in [-0.2, -0.15) is 0 Å². The molecule has 1 fully saturated rings. The summed E-state index contributed by atoms with van der Waals surface area (Å²) in [5, 5.41) is 9.42. The molecule has 0 bridgehead atoms. The lowest BCUT2D eigenvalue weighted by molar-refractivity contribution is -0.142. The Hall–Kier alpha value is -1.31. The highest BCUT2D eigenvalue weighted by Gasteiger charge is 2.30. The average molecular weight is 246 g/mol. The molecule has 98 valence electrons. The van der Waals surface area contributed by atoms with E-state index >= 15 is 0 Å². The minimum atomic E-state index is -0.621. The SMILES string of the molecule is CCc1cccc(C2CCCCCC2C(=O)O)c1. The van der Waals surface area contributed by atoms with Crippen molar-refractivity contribution in [2.45, 2.75) is 51.4 Å². The second kappa shape index (κ2) is 6.03. The van der Waals surface area contributed by atoms with Crippen molar-refractivity contribution >= 4 is 5.97 Å². The van der Waals surface area contributed by atoms with Gasteiger partial charge in [0.25, 0.3) is 0 Å². The molecule has 2 nitrogen and oxygen atoms in total. The van der Waals surface area contributed by atoms with Gasteiger partial charge < -0.3 is 5.11 Å². The maximum atomic E-state index is 11.4. The molecule has 2 heteroatoms. The lowest BCUT2D eigenvalue weighted by Gasteiger charge is -2.22. The number of carboxylic acids is 1. The zero-order chi connectivity index (χ0) is 13.0. The van der Waals surface area contributed by atoms with E-state index in [9.17, 15) is 9.90 Å². The average Bonchev–Trinajstić information content (AvgIpc) is 2.64. The number of rotatable bonds is 3. The van der Waals surface area contributed by atoms with Crippen LogP contribution in [0.25, 0.3) is 0 Å². The first kappa shape index (κ1) is 13.1. The molecule has 2 atom stereocenters. The van der Waals surface area contributed by atoms with Crippen LogP contribution in [0, 0.1) is 5.92 Å². The molecule has 1 aliphatic carbocycles. The third kappa shape index (κ3) is 2.92. The topological polar surface area (TPSA) is 37.3 Å². The standard InChI is InChI=1S/C16H22O2/c1-2-12-7-6-8-13(11-12)14-9-4-3-5-10-15(14)16(17)18/h6-8,11,14-15H,2-5,9-10H2,1H3,(H,17,18). The van der Waals surface area contributed by atoms with Gasteiger partial charge >= 0.3 is 5.97 Å². The first-order chi connectivity index (χ1) is 8.72. The minimum absolute atomic E-state index is 0.195. The van der Waals surface area contributed by atoms with E-state index in [1.807, 2.05) is 0 Å². The van der Waals surface area contributed by atoms with E-state index in [1.165, 1.54) is 17.5 Å². The van der Waals surface area contributed by atoms with Gasteiger partial charge in [-0.3, -0.25) is 4.79 Å². The predicted octanol–water partition coefficient (Wildman–Crippen LogP) is 4.00. The van der Waals surface area contributed by atoms with E-state index in [1.54, 1.807) is 0 Å². The van der Waals surface area contributed by atoms with Gasteiger partial charge in [-0.05, 0) is 36.3 Å². The summed E-state index contributed by atoms with van der Waals surface area (Å²) >= 11 is 0. The summed E-state index contributed by atoms with van der Waals surface area (Å²) < 4.78 is 0. The molecule has 0 amide bonds. The molecular formula is C16H22O2. The molecule has 2 rings (SSSR count). The van der Waals surface area contributed by atoms with E-state index in [0.717, 1.165) is 32.1 Å². The normalized spacial score (nSPS) is 24.5. The zero-order valence-electron chi connectivity index (χ0n) is 11.1. The summed E-state index contributed by atoms with van der Waals surface area (Å²) in [6.07, 6.45) is 6.25. The van der Waals surface area contributed by atoms with E-state index < -0.39 is 5.97 Å². The maximum absolute atomic E-state index is 11.4. The molecule has 1 aromatic carbocycles. The molecular weight excluding hydrogens is 224 g/mol. The highest BCUT2D eigenvalue weighted by Crippen LogP contribution is 2.37. The lowest BCUT2D eigenvalue weighted by atomic mass is 9.82. The van der Waals surface area contributed by atoms with Crippen molar-refractivity contribution < 1.29 is 9.90 Å². The fourth-order valence-electron chi connectivity index (χ4n) is 3.05. The van der Waals surface area contributed by atoms with Gasteiger partial charge in [0.2, 0.25) is 0 Å². The molecule has 0 aromatic heterocycles. The highest BCUT2D eigenvalue weighted by molar-refractivity contribution is 5.71. The van der Waals surface area contributed by atoms with Crippen LogP contribution >= 0.6 is 0 Å². The highest BCUT2D eigenvalue weighted by atomic mass is 16.4. The summed E-state index contributed by atoms with van der Waals surface area (Å²) in [6, 6.07) is 8.49. The van der Waals surface area contributed by atoms with Crippen LogP contribution in [0.15, 0.2) is 24.3 Å². The number of benzene rings is 1. The van der Waals surface area contributed by atoms with Crippen molar-refractivity contribution in [3.63, 3.8) is 0 Å². The number of aryl methyl sites for hydroxylation is 1. The van der Waals surface area contributed by atoms with Crippen LogP contribution in [0.2, 0.25) is 0 Å². The molecule has 0 aliphatic heterocycles. The molecule has 0 spiro atoms. The quantitative estimate of drug-likeness (QED) is 0.818. The van der Waals surface area contributed by atoms with Crippen LogP contribution in [0.5, 0.6) is 0 Å². The third-order valence-corrected chi connectivity index (χ3v) is 4.12. The summed E-state index contributed by atoms with van der Waals surface area (Å²) in [4.78, 5) is 11.4. The van der Waals surface area contributed by atoms with Crippen LogP contribution in [-0.2, 0) is 11.2 Å². The summed E-state index contributed by atoms with van der Waals surface area (Å²) in [5.74, 6) is -0.611. The van der Waals surface area contributed by atoms with Crippen LogP contribution < -0.4 is 0 Å². The summed E-state index contributed by atoms with van der Waals surface area (Å²) in [5.41, 5.74) is 2.53. The van der Waals surface area contributed by atoms with Crippen molar-refractivity contribution in [1.82, 2.24) is 0 Å². The number of aliphatic carboxylic acids is 1. The Morgan fingerprint density at radius 3 is 2.78 bits per heavy atom. The third-order valence-electron chi connectivity index (χ3n) is 4.12. The van der Waals surface area contributed by atoms with Crippen molar-refractivity contribution in [2.75, 3.05) is 0 Å². The van der Waals surface area contributed by atoms with E-state index in [-0.39, 0.29) is 11.8 Å². The van der Waals surface area contributed by atoms with Crippen LogP contribution in [0.3, 0.4) is 0 Å². The Labute approximate surface area is 109 Å². The first-order valence-electron chi connectivity index (χ1n) is 7.04. The van der Waals surface area contributed by atoms with Crippen LogP contribution in [-0.4, -0.2) is 11.1 Å². The molecule has 1 N–H and O–H groups in total. The Kier molecular flexibility index (Phi) is 4.40. The van der Waals surface area contributed by atoms with Crippen molar-refractivity contribution in [3.05, 3.63) is 35.4 Å². The first-order valence-corrected chi connectivity index (χ1v) is 7.04. The van der Waals surface area contributed by atoms with Crippen molar-refractivity contribution in [2.24, 2.45) is 5.92 Å². The Morgan fingerprint density at radius 1 is 1.28 bits per heavy atom. The van der Waals surface area contributed by atoms with Gasteiger partial charge in [-0.15, -0.1) is 0 Å². The van der Waals surface area contributed by atoms with Gasteiger partial charge in [0.15, 0.2) is 0 Å². The van der Waals surface area contributed by atoms with Gasteiger partial charge in [-0.1, -0.05) is 50.5 Å². The summed E-state index contributed by atoms with van der Waals surface area (Å²) in [7, 11) is 0. The lowest BCUT2D eigenvalue weighted by Crippen LogP contribution is -2.21. The number of hydrogen-bond acceptors (Lipinski definition) is 1. The Bertz CT molecular complexity index is 411. The molecule has 0 radical (unpaired) electrons. The Balaban J connectivity index is 2.28. The monoisotopic (exact) mass is 246 g/mol. The largest absolute Gasteiger partial charge is 0.481 e. The van der Waals surface area contributed by atoms with Gasteiger partial charge in [0.1, 0.15) is 0 Å². The predicted molar refractivity (Wildman–Crippen MR) is 72.8 cm³/mol. The smallest absolute Gasteiger partial charge is 0.307 e. The van der Waals surface area contributed by atoms with Crippen LogP contribution in [0.1, 0.15) is 56.1 Å². The number of carbonyl (C=O) groups is 1. The molecule has 1 saturated carbocycles. The summed E-state index contributed by atoms with van der Waals surface area (Å²) in [6.45, 7) is 2.14. The number of carboxylic acid groups (broad SMARTS) is 1. The minimum Gasteiger partial charge on any atom is -0.481 e. The fourth-order valence-corrected chi connectivity index (χ4v) is 3.05. The number of hydrogen-bond donors (Lipinski definition) is 1.